The lowest BCUT2D eigenvalue weighted by Gasteiger charge is -2.34. The van der Waals surface area contributed by atoms with Gasteiger partial charge in [-0.2, -0.15) is 0 Å². The van der Waals surface area contributed by atoms with Crippen LogP contribution in [0.25, 0.3) is 0 Å². The largest absolute Gasteiger partial charge is 0.481 e. The molecule has 1 aromatic rings. The molecule has 0 aliphatic carbocycles. The number of carboxylic acid groups (broad SMARTS) is 1. The van der Waals surface area contributed by atoms with Gasteiger partial charge >= 0.3 is 12.0 Å². The van der Waals surface area contributed by atoms with Gasteiger partial charge in [-0.15, -0.1) is 0 Å². The minimum absolute atomic E-state index is 0.0120. The molecule has 3 heterocycles. The van der Waals surface area contributed by atoms with Crippen LogP contribution in [0, 0.1) is 5.92 Å². The number of hydrogen-bond acceptors (Lipinski definition) is 8. The van der Waals surface area contributed by atoms with Gasteiger partial charge in [-0.05, 0) is 57.6 Å². The fourth-order valence-electron chi connectivity index (χ4n) is 6.20. The number of carboxylic acids is 1. The molecule has 3 aliphatic rings. The summed E-state index contributed by atoms with van der Waals surface area (Å²) >= 11 is 0. The van der Waals surface area contributed by atoms with Gasteiger partial charge < -0.3 is 29.3 Å². The highest BCUT2D eigenvalue weighted by Gasteiger charge is 2.47. The van der Waals surface area contributed by atoms with Crippen LogP contribution in [0.3, 0.4) is 0 Å². The molecule has 0 unspecified atom stereocenters. The molecule has 0 radical (unpaired) electrons. The molecule has 2 fully saturated rings. The molecule has 1 aromatic carbocycles. The number of rotatable bonds is 14. The summed E-state index contributed by atoms with van der Waals surface area (Å²) in [7, 11) is 5.49. The van der Waals surface area contributed by atoms with Crippen molar-refractivity contribution in [1.82, 2.24) is 24.5 Å². The highest BCUT2D eigenvalue weighted by molar-refractivity contribution is 5.96. The van der Waals surface area contributed by atoms with E-state index in [2.05, 4.69) is 11.8 Å². The number of carbonyl (C=O) groups excluding carboxylic acids is 3. The zero-order valence-electron chi connectivity index (χ0n) is 25.3. The lowest BCUT2D eigenvalue weighted by Crippen LogP contribution is -2.52. The maximum atomic E-state index is 13.7. The molecule has 12 heteroatoms. The zero-order chi connectivity index (χ0) is 30.4. The summed E-state index contributed by atoms with van der Waals surface area (Å²) in [4.78, 5) is 60.0. The van der Waals surface area contributed by atoms with Crippen LogP contribution < -0.4 is 9.47 Å². The van der Waals surface area contributed by atoms with Crippen molar-refractivity contribution >= 4 is 23.8 Å². The van der Waals surface area contributed by atoms with Crippen LogP contribution in [0.15, 0.2) is 18.2 Å². The second kappa shape index (κ2) is 14.2. The normalized spacial score (nSPS) is 22.4. The topological polar surface area (TPSA) is 123 Å². The van der Waals surface area contributed by atoms with Crippen molar-refractivity contribution in [1.29, 1.82) is 0 Å². The lowest BCUT2D eigenvalue weighted by atomic mass is 9.84. The predicted octanol–water partition coefficient (Wildman–Crippen LogP) is 2.14. The van der Waals surface area contributed by atoms with Crippen LogP contribution in [0.1, 0.15) is 50.5 Å². The van der Waals surface area contributed by atoms with E-state index in [1.54, 1.807) is 11.0 Å². The molecular formula is C30H45N5O7. The number of imide groups is 1. The smallest absolute Gasteiger partial charge is 0.326 e. The van der Waals surface area contributed by atoms with Gasteiger partial charge in [0.2, 0.25) is 18.6 Å². The monoisotopic (exact) mass is 587 g/mol. The summed E-state index contributed by atoms with van der Waals surface area (Å²) in [6, 6.07) is 4.66. The third-order valence-electron chi connectivity index (χ3n) is 8.59. The molecule has 4 amide bonds. The molecule has 0 saturated carbocycles. The summed E-state index contributed by atoms with van der Waals surface area (Å²) < 4.78 is 11.0. The van der Waals surface area contributed by atoms with E-state index in [-0.39, 0.29) is 43.5 Å². The molecule has 0 aromatic heterocycles. The molecule has 42 heavy (non-hydrogen) atoms. The van der Waals surface area contributed by atoms with E-state index in [0.717, 1.165) is 36.3 Å². The molecule has 2 saturated heterocycles. The number of fused-ring (bicyclic) bond motifs is 1. The minimum atomic E-state index is -0.941. The molecule has 4 rings (SSSR count). The number of aliphatic carboxylic acids is 1. The molecule has 1 N–H and O–H groups in total. The van der Waals surface area contributed by atoms with Gasteiger partial charge in [-0.1, -0.05) is 19.4 Å². The fraction of sp³-hybridized carbons (Fsp3) is 0.667. The van der Waals surface area contributed by atoms with E-state index < -0.39 is 17.9 Å². The van der Waals surface area contributed by atoms with E-state index in [1.165, 1.54) is 7.05 Å². The van der Waals surface area contributed by atoms with Gasteiger partial charge in [0.1, 0.15) is 0 Å². The van der Waals surface area contributed by atoms with Crippen LogP contribution in [0.5, 0.6) is 11.5 Å². The number of benzene rings is 1. The van der Waals surface area contributed by atoms with Crippen molar-refractivity contribution < 1.29 is 33.8 Å². The first-order valence-corrected chi connectivity index (χ1v) is 14.9. The Hall–Kier alpha value is -3.38. The number of nitrogens with zero attached hydrogens (tertiary/aromatic N) is 5. The number of hydrogen-bond donors (Lipinski definition) is 1. The van der Waals surface area contributed by atoms with Gasteiger partial charge in [-0.25, -0.2) is 4.79 Å². The standard InChI is InChI=1S/C30H45N5O7/c1-5-6-13-33(14-7-12-31(2)3)27(37)19-35-18-22(21-8-9-24-25(17-21)42-20-41-24)28(29(38)39)23(35)10-15-34-16-11-26(36)32(4)30(34)40/h8-9,17,22-23,28H,5-7,10-16,18-20H2,1-4H3,(H,38,39)/t22-,23+,28-/m1/s1. The Kier molecular flexibility index (Phi) is 10.7. The Bertz CT molecular complexity index is 1150. The van der Waals surface area contributed by atoms with E-state index in [9.17, 15) is 24.3 Å². The summed E-state index contributed by atoms with van der Waals surface area (Å²) in [6.45, 7) is 5.49. The van der Waals surface area contributed by atoms with Gasteiger partial charge in [0.25, 0.3) is 0 Å². The Balaban J connectivity index is 1.57. The quantitative estimate of drug-likeness (QED) is 0.349. The number of unbranched alkanes of at least 4 members (excludes halogenated alkanes) is 1. The summed E-state index contributed by atoms with van der Waals surface area (Å²) in [6.07, 6.45) is 3.33. The van der Waals surface area contributed by atoms with Crippen molar-refractivity contribution in [3.8, 4) is 11.5 Å². The summed E-state index contributed by atoms with van der Waals surface area (Å²) in [5.41, 5.74) is 0.819. The average Bonchev–Trinajstić information content (AvgIpc) is 3.57. The van der Waals surface area contributed by atoms with Crippen LogP contribution in [0.2, 0.25) is 0 Å². The molecule has 3 aliphatic heterocycles. The number of amides is 4. The number of carbonyl (C=O) groups is 4. The molecule has 0 spiro atoms. The predicted molar refractivity (Wildman–Crippen MR) is 155 cm³/mol. The third-order valence-corrected chi connectivity index (χ3v) is 8.59. The maximum Gasteiger partial charge on any atom is 0.326 e. The van der Waals surface area contributed by atoms with Crippen LogP contribution in [-0.4, -0.2) is 133 Å². The lowest BCUT2D eigenvalue weighted by molar-refractivity contribution is -0.144. The van der Waals surface area contributed by atoms with Gasteiger partial charge in [0.05, 0.1) is 12.5 Å². The summed E-state index contributed by atoms with van der Waals surface area (Å²) in [5.74, 6) is -1.15. The Morgan fingerprint density at radius 3 is 2.52 bits per heavy atom. The van der Waals surface area contributed by atoms with Crippen molar-refractivity contribution in [2.75, 3.05) is 73.7 Å². The molecule has 12 nitrogen and oxygen atoms in total. The maximum absolute atomic E-state index is 13.7. The Labute approximate surface area is 248 Å². The summed E-state index contributed by atoms with van der Waals surface area (Å²) in [5, 5.41) is 10.5. The van der Waals surface area contributed by atoms with E-state index in [1.807, 2.05) is 36.0 Å². The highest BCUT2D eigenvalue weighted by Crippen LogP contribution is 2.42. The molecular weight excluding hydrogens is 542 g/mol. The fourth-order valence-corrected chi connectivity index (χ4v) is 6.20. The van der Waals surface area contributed by atoms with Crippen LogP contribution >= 0.6 is 0 Å². The van der Waals surface area contributed by atoms with Crippen molar-refractivity contribution in [3.05, 3.63) is 23.8 Å². The molecule has 232 valence electrons. The Morgan fingerprint density at radius 1 is 1.07 bits per heavy atom. The molecule has 0 bridgehead atoms. The first-order valence-electron chi connectivity index (χ1n) is 14.9. The minimum Gasteiger partial charge on any atom is -0.481 e. The van der Waals surface area contributed by atoms with E-state index in [4.69, 9.17) is 9.47 Å². The number of likely N-dealkylation sites (tertiary alicyclic amines) is 1. The highest BCUT2D eigenvalue weighted by atomic mass is 16.7. The second-order valence-corrected chi connectivity index (χ2v) is 11.7. The number of ether oxygens (including phenoxy) is 2. The van der Waals surface area contributed by atoms with Crippen LogP contribution in [0.4, 0.5) is 4.79 Å². The van der Waals surface area contributed by atoms with Crippen molar-refractivity contribution in [2.24, 2.45) is 5.92 Å². The first-order chi connectivity index (χ1) is 20.1. The van der Waals surface area contributed by atoms with Gasteiger partial charge in [0.15, 0.2) is 11.5 Å². The number of urea groups is 1. The van der Waals surface area contributed by atoms with E-state index in [0.29, 0.717) is 50.6 Å². The third kappa shape index (κ3) is 7.33. The Morgan fingerprint density at radius 2 is 1.81 bits per heavy atom. The van der Waals surface area contributed by atoms with Crippen molar-refractivity contribution in [3.63, 3.8) is 0 Å². The zero-order valence-corrected chi connectivity index (χ0v) is 25.3. The van der Waals surface area contributed by atoms with E-state index >= 15 is 0 Å². The van der Waals surface area contributed by atoms with Crippen molar-refractivity contribution in [2.45, 2.75) is 51.0 Å². The SMILES string of the molecule is CCCCN(CCCN(C)C)C(=O)CN1C[C@H](c2ccc3c(c2)OCO3)[C@@H](C(=O)O)[C@@H]1CCN1CCC(=O)N(C)C1=O. The van der Waals surface area contributed by atoms with Gasteiger partial charge in [-0.3, -0.25) is 24.2 Å². The second-order valence-electron chi connectivity index (χ2n) is 11.7. The molecule has 3 atom stereocenters. The van der Waals surface area contributed by atoms with Gasteiger partial charge in [0, 0.05) is 58.2 Å². The first kappa shape index (κ1) is 31.6. The van der Waals surface area contributed by atoms with Crippen LogP contribution in [-0.2, 0) is 14.4 Å². The average molecular weight is 588 g/mol.